The summed E-state index contributed by atoms with van der Waals surface area (Å²) in [4.78, 5) is 4.89. The topological polar surface area (TPSA) is 6.48 Å². The van der Waals surface area contributed by atoms with Gasteiger partial charge in [0, 0.05) is 54.2 Å². The molecule has 2 nitrogen and oxygen atoms in total. The Bertz CT molecular complexity index is 1950. The molecule has 1 atom stereocenters. The third-order valence-corrected chi connectivity index (χ3v) is 9.57. The molecule has 1 aromatic heterocycles. The first-order valence-corrected chi connectivity index (χ1v) is 14.7. The van der Waals surface area contributed by atoms with E-state index in [1.54, 1.807) is 0 Å². The van der Waals surface area contributed by atoms with Crippen LogP contribution in [0.15, 0.2) is 140 Å². The zero-order chi connectivity index (χ0) is 26.7. The Morgan fingerprint density at radius 1 is 0.675 bits per heavy atom. The summed E-state index contributed by atoms with van der Waals surface area (Å²) in [5.74, 6) is 0. The molecule has 1 aliphatic heterocycles. The van der Waals surface area contributed by atoms with Crippen molar-refractivity contribution in [2.24, 2.45) is 0 Å². The predicted molar refractivity (Wildman–Crippen MR) is 173 cm³/mol. The fourth-order valence-corrected chi connectivity index (χ4v) is 7.64. The molecule has 0 bridgehead atoms. The molecule has 2 heterocycles. The number of benzene rings is 5. The highest BCUT2D eigenvalue weighted by atomic mass is 32.1. The monoisotopic (exact) mass is 532 g/mol. The molecule has 0 fully saturated rings. The second-order valence-corrected chi connectivity index (χ2v) is 11.9. The molecular formula is C37H28N2S. The third kappa shape index (κ3) is 3.48. The molecule has 0 radical (unpaired) electrons. The van der Waals surface area contributed by atoms with Gasteiger partial charge in [-0.2, -0.15) is 0 Å². The van der Waals surface area contributed by atoms with Gasteiger partial charge in [0.1, 0.15) is 0 Å². The molecule has 2 aliphatic rings. The van der Waals surface area contributed by atoms with Crippen molar-refractivity contribution in [2.75, 3.05) is 9.80 Å². The van der Waals surface area contributed by atoms with E-state index in [1.165, 1.54) is 42.7 Å². The van der Waals surface area contributed by atoms with E-state index in [1.807, 2.05) is 11.3 Å². The van der Waals surface area contributed by atoms with Crippen LogP contribution in [0.2, 0.25) is 0 Å². The van der Waals surface area contributed by atoms with E-state index >= 15 is 0 Å². The smallest absolute Gasteiger partial charge is 0.0715 e. The molecule has 3 heteroatoms. The van der Waals surface area contributed by atoms with Gasteiger partial charge in [-0.05, 0) is 85.6 Å². The molecule has 40 heavy (non-hydrogen) atoms. The maximum absolute atomic E-state index is 2.53. The second-order valence-electron chi connectivity index (χ2n) is 10.8. The van der Waals surface area contributed by atoms with Crippen molar-refractivity contribution in [3.05, 3.63) is 145 Å². The molecule has 0 saturated carbocycles. The summed E-state index contributed by atoms with van der Waals surface area (Å²) in [5.41, 5.74) is 8.59. The van der Waals surface area contributed by atoms with Gasteiger partial charge in [-0.1, -0.05) is 72.8 Å². The summed E-state index contributed by atoms with van der Waals surface area (Å²) in [6.45, 7) is 2.37. The van der Waals surface area contributed by atoms with Gasteiger partial charge in [0.2, 0.25) is 0 Å². The molecule has 5 aromatic carbocycles. The van der Waals surface area contributed by atoms with Gasteiger partial charge in [-0.15, -0.1) is 11.3 Å². The Hall–Kier alpha value is -4.60. The number of nitrogens with zero attached hydrogens (tertiary/aromatic N) is 2. The molecule has 1 unspecified atom stereocenters. The van der Waals surface area contributed by atoms with Gasteiger partial charge in [-0.25, -0.2) is 0 Å². The normalized spacial score (nSPS) is 17.6. The maximum atomic E-state index is 2.53. The minimum atomic E-state index is -0.0931. The summed E-state index contributed by atoms with van der Waals surface area (Å²) in [5, 5.41) is 2.63. The standard InChI is InChI=1S/C37H28N2S/c1-37-24-10-9-15-33(37)31-14-5-7-16-34(31)39(37)28-20-18-27(19-21-28)38(26-11-3-2-4-12-26)29-22-23-36-32(25-29)30-13-6-8-17-35(30)40-36/h2-23,25H,24H2,1H3. The number of fused-ring (bicyclic) bond motifs is 6. The Morgan fingerprint density at radius 2 is 1.38 bits per heavy atom. The lowest BCUT2D eigenvalue weighted by molar-refractivity contribution is 0.607. The van der Waals surface area contributed by atoms with Crippen LogP contribution in [-0.4, -0.2) is 5.54 Å². The number of rotatable bonds is 4. The lowest BCUT2D eigenvalue weighted by Gasteiger charge is -2.39. The molecule has 6 aromatic rings. The first-order valence-electron chi connectivity index (χ1n) is 13.8. The van der Waals surface area contributed by atoms with Crippen molar-refractivity contribution < 1.29 is 0 Å². The summed E-state index contributed by atoms with van der Waals surface area (Å²) in [7, 11) is 0. The first-order chi connectivity index (χ1) is 19.7. The van der Waals surface area contributed by atoms with E-state index in [9.17, 15) is 0 Å². The van der Waals surface area contributed by atoms with Crippen LogP contribution in [0.5, 0.6) is 0 Å². The Balaban J connectivity index is 1.24. The van der Waals surface area contributed by atoms with Crippen LogP contribution in [0.3, 0.4) is 0 Å². The molecule has 0 spiro atoms. The van der Waals surface area contributed by atoms with E-state index in [0.717, 1.165) is 23.5 Å². The van der Waals surface area contributed by atoms with E-state index in [2.05, 4.69) is 156 Å². The fraction of sp³-hybridized carbons (Fsp3) is 0.0811. The van der Waals surface area contributed by atoms with E-state index in [0.29, 0.717) is 0 Å². The highest BCUT2D eigenvalue weighted by Gasteiger charge is 2.44. The lowest BCUT2D eigenvalue weighted by atomic mass is 9.83. The van der Waals surface area contributed by atoms with Gasteiger partial charge in [0.25, 0.3) is 0 Å². The van der Waals surface area contributed by atoms with Crippen molar-refractivity contribution in [1.82, 2.24) is 0 Å². The highest BCUT2D eigenvalue weighted by molar-refractivity contribution is 7.25. The van der Waals surface area contributed by atoms with Crippen LogP contribution >= 0.6 is 11.3 Å². The minimum Gasteiger partial charge on any atom is -0.331 e. The van der Waals surface area contributed by atoms with Crippen molar-refractivity contribution in [3.63, 3.8) is 0 Å². The van der Waals surface area contributed by atoms with Crippen LogP contribution in [0.25, 0.3) is 25.7 Å². The summed E-state index contributed by atoms with van der Waals surface area (Å²) in [6.07, 6.45) is 7.77. The SMILES string of the molecule is CC12CC=CC=C1c1ccccc1N2c1ccc(N(c2ccccc2)c2ccc3sc4ccccc4c3c2)cc1. The zero-order valence-corrected chi connectivity index (χ0v) is 23.1. The fourth-order valence-electron chi connectivity index (χ4n) is 6.56. The Morgan fingerprint density at radius 3 is 2.25 bits per heavy atom. The lowest BCUT2D eigenvalue weighted by Crippen LogP contribution is -2.40. The average molecular weight is 533 g/mol. The largest absolute Gasteiger partial charge is 0.331 e. The van der Waals surface area contributed by atoms with Crippen molar-refractivity contribution >= 4 is 65.5 Å². The van der Waals surface area contributed by atoms with Gasteiger partial charge in [0.15, 0.2) is 0 Å². The maximum Gasteiger partial charge on any atom is 0.0715 e. The molecule has 192 valence electrons. The van der Waals surface area contributed by atoms with Gasteiger partial charge < -0.3 is 9.80 Å². The Labute approximate surface area is 238 Å². The number of allylic oxidation sites excluding steroid dienone is 2. The number of para-hydroxylation sites is 2. The van der Waals surface area contributed by atoms with Crippen LogP contribution in [-0.2, 0) is 0 Å². The van der Waals surface area contributed by atoms with Crippen molar-refractivity contribution in [1.29, 1.82) is 0 Å². The summed E-state index contributed by atoms with van der Waals surface area (Å²) in [6, 6.07) is 44.2. The summed E-state index contributed by atoms with van der Waals surface area (Å²) >= 11 is 1.86. The predicted octanol–water partition coefficient (Wildman–Crippen LogP) is 10.8. The second kappa shape index (κ2) is 8.97. The molecule has 8 rings (SSSR count). The zero-order valence-electron chi connectivity index (χ0n) is 22.3. The van der Waals surface area contributed by atoms with Crippen LogP contribution < -0.4 is 9.80 Å². The van der Waals surface area contributed by atoms with E-state index < -0.39 is 0 Å². The molecule has 0 N–H and O–H groups in total. The molecule has 1 aliphatic carbocycles. The summed E-state index contributed by atoms with van der Waals surface area (Å²) < 4.78 is 2.65. The van der Waals surface area contributed by atoms with Crippen LogP contribution in [0, 0.1) is 0 Å². The quantitative estimate of drug-likeness (QED) is 0.223. The van der Waals surface area contributed by atoms with Gasteiger partial charge in [0.05, 0.1) is 5.54 Å². The minimum absolute atomic E-state index is 0.0931. The van der Waals surface area contributed by atoms with Crippen molar-refractivity contribution in [2.45, 2.75) is 18.9 Å². The van der Waals surface area contributed by atoms with E-state index in [-0.39, 0.29) is 5.54 Å². The Kier molecular flexibility index (Phi) is 5.23. The number of anilines is 5. The average Bonchev–Trinajstić information content (AvgIpc) is 3.50. The first kappa shape index (κ1) is 23.3. The van der Waals surface area contributed by atoms with Gasteiger partial charge in [-0.3, -0.25) is 0 Å². The number of hydrogen-bond donors (Lipinski definition) is 0. The molecule has 0 saturated heterocycles. The van der Waals surface area contributed by atoms with E-state index in [4.69, 9.17) is 0 Å². The number of hydrogen-bond acceptors (Lipinski definition) is 3. The number of thiophene rings is 1. The molecular weight excluding hydrogens is 504 g/mol. The highest BCUT2D eigenvalue weighted by Crippen LogP contribution is 2.54. The van der Waals surface area contributed by atoms with Gasteiger partial charge >= 0.3 is 0 Å². The van der Waals surface area contributed by atoms with Crippen molar-refractivity contribution in [3.8, 4) is 0 Å². The van der Waals surface area contributed by atoms with Crippen LogP contribution in [0.1, 0.15) is 18.9 Å². The third-order valence-electron chi connectivity index (χ3n) is 8.42. The molecule has 0 amide bonds. The van der Waals surface area contributed by atoms with Crippen LogP contribution in [0.4, 0.5) is 28.4 Å².